The van der Waals surface area contributed by atoms with E-state index < -0.39 is 17.7 Å². The smallest absolute Gasteiger partial charge is 0.295 e. The van der Waals surface area contributed by atoms with Gasteiger partial charge in [0.1, 0.15) is 5.76 Å². The monoisotopic (exact) mass is 461 g/mol. The summed E-state index contributed by atoms with van der Waals surface area (Å²) in [5.74, 6) is -0.722. The molecule has 0 aliphatic carbocycles. The minimum atomic E-state index is -0.825. The highest BCUT2D eigenvalue weighted by atomic mass is 16.5. The van der Waals surface area contributed by atoms with Crippen molar-refractivity contribution in [2.24, 2.45) is 0 Å². The van der Waals surface area contributed by atoms with E-state index in [-0.39, 0.29) is 11.3 Å². The van der Waals surface area contributed by atoms with Gasteiger partial charge in [0, 0.05) is 36.6 Å². The summed E-state index contributed by atoms with van der Waals surface area (Å²) in [6, 6.07) is 11.6. The number of ether oxygens (including phenoxy) is 2. The van der Waals surface area contributed by atoms with Crippen LogP contribution in [-0.4, -0.2) is 52.0 Å². The number of benzene rings is 2. The maximum atomic E-state index is 13.2. The van der Waals surface area contributed by atoms with Gasteiger partial charge in [-0.05, 0) is 19.4 Å². The Morgan fingerprint density at radius 2 is 1.82 bits per heavy atom. The summed E-state index contributed by atoms with van der Waals surface area (Å²) < 4.78 is 13.0. The Morgan fingerprint density at radius 1 is 1.06 bits per heavy atom. The normalized spacial score (nSPS) is 17.3. The first-order valence-electron chi connectivity index (χ1n) is 11.0. The summed E-state index contributed by atoms with van der Waals surface area (Å²) in [4.78, 5) is 31.9. The van der Waals surface area contributed by atoms with Gasteiger partial charge in [-0.15, -0.1) is 0 Å². The number of carbonyl (C=O) groups excluding carboxylic acids is 2. The van der Waals surface area contributed by atoms with Crippen molar-refractivity contribution >= 4 is 17.4 Å². The molecule has 1 aliphatic rings. The van der Waals surface area contributed by atoms with Gasteiger partial charge >= 0.3 is 0 Å². The van der Waals surface area contributed by atoms with Crippen LogP contribution >= 0.6 is 0 Å². The fourth-order valence-electron chi connectivity index (χ4n) is 4.27. The molecule has 1 N–H and O–H groups in total. The van der Waals surface area contributed by atoms with Crippen LogP contribution in [0.3, 0.4) is 0 Å². The van der Waals surface area contributed by atoms with Crippen molar-refractivity contribution in [3.05, 3.63) is 83.4 Å². The summed E-state index contributed by atoms with van der Waals surface area (Å²) in [6.45, 7) is 2.87. The third-order valence-corrected chi connectivity index (χ3v) is 5.97. The summed E-state index contributed by atoms with van der Waals surface area (Å²) in [7, 11) is 3.03. The van der Waals surface area contributed by atoms with Crippen LogP contribution in [0.4, 0.5) is 0 Å². The van der Waals surface area contributed by atoms with Gasteiger partial charge in [-0.1, -0.05) is 42.0 Å². The molecule has 34 heavy (non-hydrogen) atoms. The van der Waals surface area contributed by atoms with Crippen molar-refractivity contribution in [1.29, 1.82) is 0 Å². The quantitative estimate of drug-likeness (QED) is 0.312. The van der Waals surface area contributed by atoms with E-state index in [2.05, 4.69) is 4.98 Å². The molecule has 0 saturated carbocycles. The molecule has 2 heterocycles. The fourth-order valence-corrected chi connectivity index (χ4v) is 4.27. The number of amides is 1. The van der Waals surface area contributed by atoms with Crippen molar-refractivity contribution in [1.82, 2.24) is 14.5 Å². The molecule has 1 unspecified atom stereocenters. The van der Waals surface area contributed by atoms with Crippen molar-refractivity contribution in [2.75, 3.05) is 20.8 Å². The maximum Gasteiger partial charge on any atom is 0.295 e. The van der Waals surface area contributed by atoms with Crippen LogP contribution in [0.15, 0.2) is 66.8 Å². The lowest BCUT2D eigenvalue weighted by Gasteiger charge is -2.27. The molecule has 1 amide bonds. The second kappa shape index (κ2) is 9.82. The molecular formula is C26H27N3O5. The zero-order valence-corrected chi connectivity index (χ0v) is 19.4. The van der Waals surface area contributed by atoms with E-state index in [1.165, 1.54) is 19.1 Å². The zero-order chi connectivity index (χ0) is 24.2. The first-order chi connectivity index (χ1) is 16.5. The highest BCUT2D eigenvalue weighted by Crippen LogP contribution is 2.45. The van der Waals surface area contributed by atoms with Crippen molar-refractivity contribution in [3.63, 3.8) is 0 Å². The number of Topliss-reactive ketones (excluding diaryl/α,β-unsaturated/α-hetero) is 1. The molecule has 1 atom stereocenters. The molecular weight excluding hydrogens is 434 g/mol. The number of imidazole rings is 1. The van der Waals surface area contributed by atoms with E-state index in [1.807, 2.05) is 29.8 Å². The van der Waals surface area contributed by atoms with Crippen LogP contribution in [0.2, 0.25) is 0 Å². The molecule has 1 aromatic heterocycles. The van der Waals surface area contributed by atoms with E-state index in [0.717, 1.165) is 5.56 Å². The van der Waals surface area contributed by atoms with Gasteiger partial charge in [-0.3, -0.25) is 9.59 Å². The summed E-state index contributed by atoms with van der Waals surface area (Å²) >= 11 is 0. The van der Waals surface area contributed by atoms with Crippen LogP contribution in [0.1, 0.15) is 29.2 Å². The molecule has 8 heteroatoms. The lowest BCUT2D eigenvalue weighted by molar-refractivity contribution is -0.140. The molecule has 3 aromatic rings. The molecule has 1 fully saturated rings. The molecule has 176 valence electrons. The number of para-hydroxylation sites is 1. The SMILES string of the molecule is COc1cccc(C2/C(=C(\O)c3ccc(C)cc3)C(=O)C(=O)N2CCCn2ccnc2)c1OC. The number of hydrogen-bond acceptors (Lipinski definition) is 6. The Morgan fingerprint density at radius 3 is 2.47 bits per heavy atom. The first-order valence-corrected chi connectivity index (χ1v) is 11.0. The van der Waals surface area contributed by atoms with Gasteiger partial charge in [0.05, 0.1) is 32.2 Å². The predicted molar refractivity (Wildman–Crippen MR) is 127 cm³/mol. The zero-order valence-electron chi connectivity index (χ0n) is 19.4. The van der Waals surface area contributed by atoms with Crippen LogP contribution < -0.4 is 9.47 Å². The standard InChI is InChI=1S/C26H27N3O5/c1-17-8-10-18(11-9-17)23(30)21-22(19-6-4-7-20(33-2)25(19)34-3)29(26(32)24(21)31)14-5-13-28-15-12-27-16-28/h4,6-12,15-16,22,30H,5,13-14H2,1-3H3/b23-21+. The lowest BCUT2D eigenvalue weighted by Crippen LogP contribution is -2.31. The number of carbonyl (C=O) groups is 2. The maximum absolute atomic E-state index is 13.2. The van der Waals surface area contributed by atoms with Gasteiger partial charge in [0.25, 0.3) is 11.7 Å². The Kier molecular flexibility index (Phi) is 6.67. The van der Waals surface area contributed by atoms with E-state index in [0.29, 0.717) is 42.1 Å². The van der Waals surface area contributed by atoms with Gasteiger partial charge < -0.3 is 24.0 Å². The number of aliphatic hydroxyl groups is 1. The number of hydrogen-bond donors (Lipinski definition) is 1. The number of nitrogens with zero attached hydrogens (tertiary/aromatic N) is 3. The number of likely N-dealkylation sites (tertiary alicyclic amines) is 1. The molecule has 0 spiro atoms. The second-order valence-corrected chi connectivity index (χ2v) is 8.10. The Labute approximate surface area is 198 Å². The minimum absolute atomic E-state index is 0.0306. The third kappa shape index (κ3) is 4.26. The van der Waals surface area contributed by atoms with E-state index in [9.17, 15) is 14.7 Å². The highest BCUT2D eigenvalue weighted by Gasteiger charge is 2.47. The first kappa shape index (κ1) is 23.1. The Hall–Kier alpha value is -4.07. The largest absolute Gasteiger partial charge is 0.507 e. The van der Waals surface area contributed by atoms with Crippen molar-refractivity contribution < 1.29 is 24.2 Å². The number of rotatable bonds is 8. The van der Waals surface area contributed by atoms with Crippen LogP contribution in [0.5, 0.6) is 11.5 Å². The highest BCUT2D eigenvalue weighted by molar-refractivity contribution is 6.46. The number of aliphatic hydroxyl groups excluding tert-OH is 1. The fraction of sp³-hybridized carbons (Fsp3) is 0.269. The van der Waals surface area contributed by atoms with Crippen LogP contribution in [-0.2, 0) is 16.1 Å². The molecule has 1 aliphatic heterocycles. The van der Waals surface area contributed by atoms with E-state index in [4.69, 9.17) is 9.47 Å². The van der Waals surface area contributed by atoms with Gasteiger partial charge in [-0.2, -0.15) is 0 Å². The molecule has 8 nitrogen and oxygen atoms in total. The van der Waals surface area contributed by atoms with Gasteiger partial charge in [-0.25, -0.2) is 4.98 Å². The second-order valence-electron chi connectivity index (χ2n) is 8.10. The predicted octanol–water partition coefficient (Wildman–Crippen LogP) is 3.72. The average molecular weight is 462 g/mol. The summed E-state index contributed by atoms with van der Waals surface area (Å²) in [6.07, 6.45) is 5.83. The Balaban J connectivity index is 1.81. The molecule has 2 aromatic carbocycles. The topological polar surface area (TPSA) is 93.9 Å². The number of aromatic nitrogens is 2. The summed E-state index contributed by atoms with van der Waals surface area (Å²) in [5.41, 5.74) is 2.08. The van der Waals surface area contributed by atoms with E-state index in [1.54, 1.807) is 42.9 Å². The number of methoxy groups -OCH3 is 2. The third-order valence-electron chi connectivity index (χ3n) is 5.97. The molecule has 0 radical (unpaired) electrons. The number of ketones is 1. The summed E-state index contributed by atoms with van der Waals surface area (Å²) in [5, 5.41) is 11.2. The average Bonchev–Trinajstić information content (AvgIpc) is 3.45. The van der Waals surface area contributed by atoms with Crippen molar-refractivity contribution in [3.8, 4) is 11.5 Å². The van der Waals surface area contributed by atoms with Gasteiger partial charge in [0.15, 0.2) is 11.5 Å². The molecule has 1 saturated heterocycles. The van der Waals surface area contributed by atoms with Crippen LogP contribution in [0, 0.1) is 6.92 Å². The minimum Gasteiger partial charge on any atom is -0.507 e. The van der Waals surface area contributed by atoms with Crippen molar-refractivity contribution in [2.45, 2.75) is 25.9 Å². The van der Waals surface area contributed by atoms with Gasteiger partial charge in [0.2, 0.25) is 0 Å². The van der Waals surface area contributed by atoms with Crippen LogP contribution in [0.25, 0.3) is 5.76 Å². The molecule has 4 rings (SSSR count). The lowest BCUT2D eigenvalue weighted by atomic mass is 9.94. The molecule has 0 bridgehead atoms. The van der Waals surface area contributed by atoms with E-state index >= 15 is 0 Å². The number of aryl methyl sites for hydroxylation is 2. The Bertz CT molecular complexity index is 1220.